The van der Waals surface area contributed by atoms with Crippen LogP contribution in [0.1, 0.15) is 18.4 Å². The first kappa shape index (κ1) is 17.5. The molecule has 4 rings (SSSR count). The van der Waals surface area contributed by atoms with E-state index in [2.05, 4.69) is 4.90 Å². The molecule has 2 atom stereocenters. The predicted molar refractivity (Wildman–Crippen MR) is 95.7 cm³/mol. The van der Waals surface area contributed by atoms with E-state index >= 15 is 0 Å². The number of hydrogen-bond acceptors (Lipinski definition) is 5. The third kappa shape index (κ3) is 2.91. The van der Waals surface area contributed by atoms with Gasteiger partial charge in [-0.25, -0.2) is 8.42 Å². The molecule has 2 N–H and O–H groups in total. The lowest BCUT2D eigenvalue weighted by Gasteiger charge is -2.44. The normalized spacial score (nSPS) is 29.2. The zero-order valence-corrected chi connectivity index (χ0v) is 15.3. The van der Waals surface area contributed by atoms with E-state index in [0.717, 1.165) is 5.56 Å². The number of nitrogens with two attached hydrogens (primary N) is 1. The standard InChI is InChI=1S/C18H23N3O4S/c19-16(22)18(6-7-18)17(23)21-9-8-20(10-13-4-2-1-3-5-13)14-11-26(24,25)12-15(14)21/h1-5,14-15H,6-12H2,(H2,19,22)/t14-,15+/m1/s1. The number of rotatable bonds is 4. The van der Waals surface area contributed by atoms with Gasteiger partial charge in [0, 0.05) is 25.7 Å². The summed E-state index contributed by atoms with van der Waals surface area (Å²) in [5, 5.41) is 0. The van der Waals surface area contributed by atoms with Gasteiger partial charge < -0.3 is 10.6 Å². The van der Waals surface area contributed by atoms with Crippen LogP contribution in [0.25, 0.3) is 0 Å². The van der Waals surface area contributed by atoms with Crippen molar-refractivity contribution < 1.29 is 18.0 Å². The molecule has 1 saturated carbocycles. The first-order chi connectivity index (χ1) is 12.3. The summed E-state index contributed by atoms with van der Waals surface area (Å²) in [7, 11) is -3.22. The summed E-state index contributed by atoms with van der Waals surface area (Å²) in [4.78, 5) is 28.5. The van der Waals surface area contributed by atoms with Crippen molar-refractivity contribution in [2.75, 3.05) is 24.6 Å². The number of fused-ring (bicyclic) bond motifs is 1. The Morgan fingerprint density at radius 3 is 2.35 bits per heavy atom. The maximum Gasteiger partial charge on any atom is 0.238 e. The van der Waals surface area contributed by atoms with Crippen LogP contribution in [0.3, 0.4) is 0 Å². The minimum absolute atomic E-state index is 0.0382. The summed E-state index contributed by atoms with van der Waals surface area (Å²) in [5.41, 5.74) is 5.46. The molecule has 3 aliphatic rings. The summed E-state index contributed by atoms with van der Waals surface area (Å²) in [6, 6.07) is 9.26. The number of sulfone groups is 1. The number of amides is 2. The van der Waals surface area contributed by atoms with E-state index in [1.807, 2.05) is 30.3 Å². The highest BCUT2D eigenvalue weighted by Crippen LogP contribution is 2.48. The molecule has 0 spiro atoms. The van der Waals surface area contributed by atoms with Crippen LogP contribution in [-0.4, -0.2) is 66.7 Å². The first-order valence-electron chi connectivity index (χ1n) is 8.92. The molecule has 2 heterocycles. The summed E-state index contributed by atoms with van der Waals surface area (Å²) in [5.74, 6) is -0.857. The van der Waals surface area contributed by atoms with Crippen LogP contribution < -0.4 is 5.73 Å². The number of piperazine rings is 1. The van der Waals surface area contributed by atoms with Gasteiger partial charge in [-0.05, 0) is 18.4 Å². The van der Waals surface area contributed by atoms with E-state index in [9.17, 15) is 18.0 Å². The van der Waals surface area contributed by atoms with E-state index in [1.165, 1.54) is 0 Å². The molecule has 26 heavy (non-hydrogen) atoms. The molecule has 1 aromatic carbocycles. The van der Waals surface area contributed by atoms with Gasteiger partial charge in [-0.2, -0.15) is 0 Å². The molecule has 3 fully saturated rings. The van der Waals surface area contributed by atoms with Gasteiger partial charge >= 0.3 is 0 Å². The Hall–Kier alpha value is -1.93. The van der Waals surface area contributed by atoms with Gasteiger partial charge in [0.1, 0.15) is 5.41 Å². The zero-order chi connectivity index (χ0) is 18.5. The molecule has 0 aromatic heterocycles. The predicted octanol–water partition coefficient (Wildman–Crippen LogP) is -0.238. The minimum atomic E-state index is -3.22. The molecular weight excluding hydrogens is 354 g/mol. The van der Waals surface area contributed by atoms with Crippen LogP contribution in [-0.2, 0) is 26.0 Å². The van der Waals surface area contributed by atoms with Crippen LogP contribution in [0.2, 0.25) is 0 Å². The fourth-order valence-corrected chi connectivity index (χ4v) is 6.27. The molecule has 140 valence electrons. The molecular formula is C18H23N3O4S. The maximum atomic E-state index is 13.0. The van der Waals surface area contributed by atoms with E-state index in [4.69, 9.17) is 5.73 Å². The Morgan fingerprint density at radius 2 is 1.73 bits per heavy atom. The fourth-order valence-electron chi connectivity index (χ4n) is 4.26. The highest BCUT2D eigenvalue weighted by Gasteiger charge is 2.60. The molecule has 1 aromatic rings. The van der Waals surface area contributed by atoms with Crippen LogP contribution >= 0.6 is 0 Å². The Bertz CT molecular complexity index is 835. The molecule has 0 radical (unpaired) electrons. The Kier molecular flexibility index (Phi) is 4.07. The van der Waals surface area contributed by atoms with Crippen LogP contribution in [0.5, 0.6) is 0 Å². The molecule has 0 unspecified atom stereocenters. The zero-order valence-electron chi connectivity index (χ0n) is 14.5. The van der Waals surface area contributed by atoms with Gasteiger partial charge in [0.05, 0.1) is 17.5 Å². The molecule has 8 heteroatoms. The van der Waals surface area contributed by atoms with Crippen LogP contribution in [0, 0.1) is 5.41 Å². The van der Waals surface area contributed by atoms with Crippen molar-refractivity contribution in [1.82, 2.24) is 9.80 Å². The molecule has 0 bridgehead atoms. The topological polar surface area (TPSA) is 101 Å². The number of hydrogen-bond donors (Lipinski definition) is 1. The largest absolute Gasteiger partial charge is 0.369 e. The molecule has 1 aliphatic carbocycles. The van der Waals surface area contributed by atoms with Gasteiger partial charge in [-0.15, -0.1) is 0 Å². The average molecular weight is 377 g/mol. The summed E-state index contributed by atoms with van der Waals surface area (Å²) in [6.45, 7) is 1.67. The summed E-state index contributed by atoms with van der Waals surface area (Å²) in [6.07, 6.45) is 0.936. The smallest absolute Gasteiger partial charge is 0.238 e. The molecule has 7 nitrogen and oxygen atoms in total. The van der Waals surface area contributed by atoms with E-state index in [1.54, 1.807) is 4.90 Å². The van der Waals surface area contributed by atoms with Crippen molar-refractivity contribution in [1.29, 1.82) is 0 Å². The third-order valence-electron chi connectivity index (χ3n) is 5.91. The maximum absolute atomic E-state index is 13.0. The Balaban J connectivity index is 1.58. The van der Waals surface area contributed by atoms with Gasteiger partial charge in [0.15, 0.2) is 9.84 Å². The number of benzene rings is 1. The highest BCUT2D eigenvalue weighted by atomic mass is 32.2. The quantitative estimate of drug-likeness (QED) is 0.730. The first-order valence-corrected chi connectivity index (χ1v) is 10.7. The summed E-state index contributed by atoms with van der Waals surface area (Å²) >= 11 is 0. The average Bonchev–Trinajstić information content (AvgIpc) is 3.34. The number of primary amides is 1. The SMILES string of the molecule is NC(=O)C1(C(=O)N2CCN(Cc3ccccc3)[C@@H]3CS(=O)(=O)C[C@@H]32)CC1. The molecule has 2 amide bonds. The third-order valence-corrected chi connectivity index (χ3v) is 7.61. The minimum Gasteiger partial charge on any atom is -0.369 e. The van der Waals surface area contributed by atoms with Crippen molar-refractivity contribution in [3.05, 3.63) is 35.9 Å². The van der Waals surface area contributed by atoms with Crippen molar-refractivity contribution in [3.63, 3.8) is 0 Å². The molecule has 2 saturated heterocycles. The van der Waals surface area contributed by atoms with E-state index < -0.39 is 27.2 Å². The lowest BCUT2D eigenvalue weighted by molar-refractivity contribution is -0.147. The van der Waals surface area contributed by atoms with Crippen molar-refractivity contribution >= 4 is 21.7 Å². The van der Waals surface area contributed by atoms with Gasteiger partial charge in [0.2, 0.25) is 11.8 Å². The number of carbonyl (C=O) groups excluding carboxylic acids is 2. The second kappa shape index (κ2) is 6.06. The van der Waals surface area contributed by atoms with Gasteiger partial charge in [0.25, 0.3) is 0 Å². The lowest BCUT2D eigenvalue weighted by atomic mass is 9.98. The van der Waals surface area contributed by atoms with Crippen LogP contribution in [0.4, 0.5) is 0 Å². The Morgan fingerprint density at radius 1 is 1.08 bits per heavy atom. The second-order valence-corrected chi connectivity index (χ2v) is 9.77. The van der Waals surface area contributed by atoms with E-state index in [0.29, 0.717) is 32.5 Å². The fraction of sp³-hybridized carbons (Fsp3) is 0.556. The second-order valence-electron chi connectivity index (χ2n) is 7.61. The summed E-state index contributed by atoms with van der Waals surface area (Å²) < 4.78 is 24.6. The van der Waals surface area contributed by atoms with Crippen LogP contribution in [0.15, 0.2) is 30.3 Å². The monoisotopic (exact) mass is 377 g/mol. The van der Waals surface area contributed by atoms with E-state index in [-0.39, 0.29) is 23.5 Å². The van der Waals surface area contributed by atoms with Crippen molar-refractivity contribution in [2.24, 2.45) is 11.1 Å². The van der Waals surface area contributed by atoms with Crippen molar-refractivity contribution in [2.45, 2.75) is 31.5 Å². The van der Waals surface area contributed by atoms with Crippen molar-refractivity contribution in [3.8, 4) is 0 Å². The Labute approximate surface area is 153 Å². The number of carbonyl (C=O) groups is 2. The van der Waals surface area contributed by atoms with Gasteiger partial charge in [-0.3, -0.25) is 14.5 Å². The molecule has 2 aliphatic heterocycles. The van der Waals surface area contributed by atoms with Gasteiger partial charge in [-0.1, -0.05) is 30.3 Å². The number of nitrogens with zero attached hydrogens (tertiary/aromatic N) is 2. The lowest BCUT2D eigenvalue weighted by Crippen LogP contribution is -2.62. The highest BCUT2D eigenvalue weighted by molar-refractivity contribution is 7.91.